The number of nitrogens with one attached hydrogen (secondary N) is 1. The first-order valence-corrected chi connectivity index (χ1v) is 7.69. The summed E-state index contributed by atoms with van der Waals surface area (Å²) in [6.45, 7) is -0.241. The zero-order valence-corrected chi connectivity index (χ0v) is 10.9. The molecule has 2 rings (SSSR count). The van der Waals surface area contributed by atoms with E-state index >= 15 is 0 Å². The Hall–Kier alpha value is -1.11. The molecule has 0 atom stereocenters. The Kier molecular flexibility index (Phi) is 4.21. The third-order valence-corrected chi connectivity index (χ3v) is 4.65. The van der Waals surface area contributed by atoms with Crippen LogP contribution in [0, 0.1) is 0 Å². The van der Waals surface area contributed by atoms with Gasteiger partial charge in [0.05, 0.1) is 0 Å². The fourth-order valence-electron chi connectivity index (χ4n) is 2.09. The summed E-state index contributed by atoms with van der Waals surface area (Å²) in [7, 11) is -0.751. The molecule has 0 radical (unpaired) electrons. The summed E-state index contributed by atoms with van der Waals surface area (Å²) in [5, 5.41) is 11.6. The van der Waals surface area contributed by atoms with E-state index in [0.29, 0.717) is 24.3 Å². The highest BCUT2D eigenvalue weighted by atomic mass is 32.2. The smallest absolute Gasteiger partial charge is 0.323 e. The van der Waals surface area contributed by atoms with Gasteiger partial charge in [-0.05, 0) is 25.7 Å². The van der Waals surface area contributed by atoms with Gasteiger partial charge in [0.15, 0.2) is 0 Å². The zero-order valence-electron chi connectivity index (χ0n) is 10.1. The van der Waals surface area contributed by atoms with E-state index in [1.807, 2.05) is 0 Å². The lowest BCUT2D eigenvalue weighted by atomic mass is 10.1. The summed E-state index contributed by atoms with van der Waals surface area (Å²) in [5.74, 6) is 0.252. The molecule has 7 heteroatoms. The van der Waals surface area contributed by atoms with Crippen molar-refractivity contribution < 1.29 is 18.9 Å². The summed E-state index contributed by atoms with van der Waals surface area (Å²) in [6, 6.07) is -0.179. The van der Waals surface area contributed by atoms with E-state index in [9.17, 15) is 13.8 Å². The molecule has 0 aromatic rings. The Bertz CT molecular complexity index is 360. The average molecular weight is 274 g/mol. The maximum absolute atomic E-state index is 12.0. The SMILES string of the molecule is O=C(O)CN(C(=O)NC1CCS(=O)CC1)C1CC1. The van der Waals surface area contributed by atoms with E-state index in [1.165, 1.54) is 4.90 Å². The standard InChI is InChI=1S/C11H18N2O4S/c14-10(15)7-13(9-1-2-9)11(16)12-8-3-5-18(17)6-4-8/h8-9H,1-7H2,(H,12,16)(H,14,15). The van der Waals surface area contributed by atoms with Crippen LogP contribution in [0.5, 0.6) is 0 Å². The van der Waals surface area contributed by atoms with Crippen LogP contribution in [-0.2, 0) is 15.6 Å². The van der Waals surface area contributed by atoms with Gasteiger partial charge in [0.1, 0.15) is 6.54 Å². The van der Waals surface area contributed by atoms with E-state index < -0.39 is 16.8 Å². The van der Waals surface area contributed by atoms with E-state index in [0.717, 1.165) is 12.8 Å². The van der Waals surface area contributed by atoms with Crippen LogP contribution >= 0.6 is 0 Å². The molecule has 0 unspecified atom stereocenters. The monoisotopic (exact) mass is 274 g/mol. The first-order valence-electron chi connectivity index (χ1n) is 6.20. The highest BCUT2D eigenvalue weighted by Crippen LogP contribution is 2.26. The van der Waals surface area contributed by atoms with Crippen LogP contribution in [0.1, 0.15) is 25.7 Å². The molecule has 2 fully saturated rings. The number of carboxylic acid groups (broad SMARTS) is 1. The minimum Gasteiger partial charge on any atom is -0.480 e. The highest BCUT2D eigenvalue weighted by Gasteiger charge is 2.34. The largest absolute Gasteiger partial charge is 0.480 e. The van der Waals surface area contributed by atoms with E-state index in [2.05, 4.69) is 5.32 Å². The van der Waals surface area contributed by atoms with Crippen LogP contribution in [0.25, 0.3) is 0 Å². The molecule has 1 saturated heterocycles. The molecule has 0 spiro atoms. The lowest BCUT2D eigenvalue weighted by Gasteiger charge is -2.27. The van der Waals surface area contributed by atoms with Gasteiger partial charge in [0.25, 0.3) is 0 Å². The number of hydrogen-bond donors (Lipinski definition) is 2. The predicted molar refractivity (Wildman–Crippen MR) is 66.8 cm³/mol. The fraction of sp³-hybridized carbons (Fsp3) is 0.818. The van der Waals surface area contributed by atoms with Gasteiger partial charge in [-0.2, -0.15) is 0 Å². The minimum absolute atomic E-state index is 0.0326. The van der Waals surface area contributed by atoms with Crippen LogP contribution in [0.15, 0.2) is 0 Å². The number of urea groups is 1. The van der Waals surface area contributed by atoms with Crippen LogP contribution in [0.3, 0.4) is 0 Å². The van der Waals surface area contributed by atoms with Crippen molar-refractivity contribution in [3.8, 4) is 0 Å². The minimum atomic E-state index is -0.984. The summed E-state index contributed by atoms with van der Waals surface area (Å²) >= 11 is 0. The fourth-order valence-corrected chi connectivity index (χ4v) is 3.39. The molecule has 1 saturated carbocycles. The summed E-state index contributed by atoms with van der Waals surface area (Å²) in [4.78, 5) is 24.1. The van der Waals surface area contributed by atoms with Gasteiger partial charge in [0, 0.05) is 34.4 Å². The van der Waals surface area contributed by atoms with E-state index in [4.69, 9.17) is 5.11 Å². The Balaban J connectivity index is 1.84. The highest BCUT2D eigenvalue weighted by molar-refractivity contribution is 7.85. The van der Waals surface area contributed by atoms with Crippen molar-refractivity contribution in [3.63, 3.8) is 0 Å². The molecule has 0 bridgehead atoms. The van der Waals surface area contributed by atoms with Crippen molar-refractivity contribution >= 4 is 22.8 Å². The van der Waals surface area contributed by atoms with Crippen LogP contribution in [0.2, 0.25) is 0 Å². The molecular formula is C11H18N2O4S. The second-order valence-corrected chi connectivity index (χ2v) is 6.52. The number of carboxylic acids is 1. The summed E-state index contributed by atoms with van der Waals surface area (Å²) < 4.78 is 11.2. The second kappa shape index (κ2) is 5.69. The van der Waals surface area contributed by atoms with Gasteiger partial charge in [0.2, 0.25) is 0 Å². The predicted octanol–water partition coefficient (Wildman–Crippen LogP) is 0.156. The topological polar surface area (TPSA) is 86.7 Å². The summed E-state index contributed by atoms with van der Waals surface area (Å²) in [6.07, 6.45) is 3.19. The number of carbonyl (C=O) groups is 2. The van der Waals surface area contributed by atoms with Crippen molar-refractivity contribution in [2.24, 2.45) is 0 Å². The number of hydrogen-bond acceptors (Lipinski definition) is 3. The molecule has 102 valence electrons. The average Bonchev–Trinajstić information content (AvgIpc) is 3.12. The maximum atomic E-state index is 12.0. The Morgan fingerprint density at radius 2 is 1.83 bits per heavy atom. The van der Waals surface area contributed by atoms with Gasteiger partial charge >= 0.3 is 12.0 Å². The van der Waals surface area contributed by atoms with Gasteiger partial charge in [-0.15, -0.1) is 0 Å². The van der Waals surface area contributed by atoms with Gasteiger partial charge in [-0.3, -0.25) is 9.00 Å². The van der Waals surface area contributed by atoms with Crippen molar-refractivity contribution in [2.75, 3.05) is 18.1 Å². The molecule has 1 aliphatic carbocycles. The maximum Gasteiger partial charge on any atom is 0.323 e. The van der Waals surface area contributed by atoms with Gasteiger partial charge in [-0.1, -0.05) is 0 Å². The first kappa shape index (κ1) is 13.3. The lowest BCUT2D eigenvalue weighted by molar-refractivity contribution is -0.137. The zero-order chi connectivity index (χ0) is 13.1. The molecule has 1 heterocycles. The third-order valence-electron chi connectivity index (χ3n) is 3.27. The number of carbonyl (C=O) groups excluding carboxylic acids is 1. The number of rotatable bonds is 4. The molecular weight excluding hydrogens is 256 g/mol. The number of amides is 2. The molecule has 0 aromatic heterocycles. The lowest BCUT2D eigenvalue weighted by Crippen LogP contribution is -2.49. The first-order chi connectivity index (χ1) is 8.56. The quantitative estimate of drug-likeness (QED) is 0.764. The second-order valence-electron chi connectivity index (χ2n) is 4.82. The molecule has 18 heavy (non-hydrogen) atoms. The third kappa shape index (κ3) is 3.69. The molecule has 6 nitrogen and oxygen atoms in total. The van der Waals surface area contributed by atoms with Crippen LogP contribution < -0.4 is 5.32 Å². The molecule has 2 N–H and O–H groups in total. The van der Waals surface area contributed by atoms with Gasteiger partial charge in [-0.25, -0.2) is 4.79 Å². The Morgan fingerprint density at radius 1 is 1.22 bits per heavy atom. The summed E-state index contributed by atoms with van der Waals surface area (Å²) in [5.41, 5.74) is 0. The molecule has 1 aliphatic heterocycles. The van der Waals surface area contributed by atoms with E-state index in [-0.39, 0.29) is 24.7 Å². The number of nitrogens with zero attached hydrogens (tertiary/aromatic N) is 1. The normalized spacial score (nSPS) is 27.6. The Labute approximate surface area is 108 Å². The molecule has 2 amide bonds. The van der Waals surface area contributed by atoms with E-state index in [1.54, 1.807) is 0 Å². The van der Waals surface area contributed by atoms with Crippen LogP contribution in [0.4, 0.5) is 4.79 Å². The van der Waals surface area contributed by atoms with Crippen molar-refractivity contribution in [3.05, 3.63) is 0 Å². The molecule has 2 aliphatic rings. The molecule has 0 aromatic carbocycles. The van der Waals surface area contributed by atoms with Crippen LogP contribution in [-0.4, -0.2) is 56.3 Å². The van der Waals surface area contributed by atoms with Crippen molar-refractivity contribution in [2.45, 2.75) is 37.8 Å². The number of aliphatic carboxylic acids is 1. The van der Waals surface area contributed by atoms with Gasteiger partial charge < -0.3 is 15.3 Å². The Morgan fingerprint density at radius 3 is 2.33 bits per heavy atom. The van der Waals surface area contributed by atoms with Crippen molar-refractivity contribution in [1.82, 2.24) is 10.2 Å². The van der Waals surface area contributed by atoms with Crippen molar-refractivity contribution in [1.29, 1.82) is 0 Å².